The van der Waals surface area contributed by atoms with Gasteiger partial charge in [-0.1, -0.05) is 0 Å². The van der Waals surface area contributed by atoms with Gasteiger partial charge in [-0.15, -0.1) is 0 Å². The number of pyridine rings is 1. The second kappa shape index (κ2) is 6.29. The van der Waals surface area contributed by atoms with Gasteiger partial charge in [0.1, 0.15) is 12.4 Å². The van der Waals surface area contributed by atoms with Crippen molar-refractivity contribution in [2.45, 2.75) is 39.0 Å². The van der Waals surface area contributed by atoms with Crippen LogP contribution in [0.4, 0.5) is 11.5 Å². The van der Waals surface area contributed by atoms with Crippen molar-refractivity contribution < 1.29 is 9.66 Å². The molecule has 3 heterocycles. The maximum Gasteiger partial charge on any atom is 0.311 e. The smallest absolute Gasteiger partial charge is 0.311 e. The van der Waals surface area contributed by atoms with Gasteiger partial charge in [-0.25, -0.2) is 14.6 Å². The number of aromatic nitrogens is 4. The van der Waals surface area contributed by atoms with Gasteiger partial charge in [-0.05, 0) is 25.3 Å². The Kier molecular flexibility index (Phi) is 4.20. The average Bonchev–Trinajstić information content (AvgIpc) is 2.93. The largest absolute Gasteiger partial charge is 0.377 e. The first-order valence-corrected chi connectivity index (χ1v) is 7.38. The van der Waals surface area contributed by atoms with Gasteiger partial charge >= 0.3 is 5.69 Å². The zero-order valence-electron chi connectivity index (χ0n) is 13.0. The van der Waals surface area contributed by atoms with Crippen LogP contribution in [0.15, 0.2) is 12.3 Å². The Balaban J connectivity index is 1.89. The highest BCUT2D eigenvalue weighted by molar-refractivity contribution is 5.57. The zero-order valence-corrected chi connectivity index (χ0v) is 13.0. The van der Waals surface area contributed by atoms with Crippen LogP contribution in [0.25, 0.3) is 0 Å². The number of hydrogen-bond donors (Lipinski definition) is 1. The van der Waals surface area contributed by atoms with Gasteiger partial charge in [0, 0.05) is 25.9 Å². The highest BCUT2D eigenvalue weighted by Crippen LogP contribution is 2.31. The van der Waals surface area contributed by atoms with Crippen molar-refractivity contribution >= 4 is 11.5 Å². The minimum absolute atomic E-state index is 0.0289. The van der Waals surface area contributed by atoms with Crippen molar-refractivity contribution in [3.63, 3.8) is 0 Å². The number of hydrogen-bond acceptors (Lipinski definition) is 7. The summed E-state index contributed by atoms with van der Waals surface area (Å²) in [5.74, 6) is 1.64. The Labute approximate surface area is 132 Å². The van der Waals surface area contributed by atoms with Gasteiger partial charge in [-0.2, -0.15) is 5.10 Å². The summed E-state index contributed by atoms with van der Waals surface area (Å²) < 4.78 is 6.89. The van der Waals surface area contributed by atoms with E-state index in [0.29, 0.717) is 12.4 Å². The Hall–Kier alpha value is -2.55. The molecule has 1 atom stereocenters. The van der Waals surface area contributed by atoms with Crippen LogP contribution in [0, 0.1) is 17.0 Å². The van der Waals surface area contributed by atoms with Gasteiger partial charge in [0.15, 0.2) is 5.82 Å². The van der Waals surface area contributed by atoms with Crippen molar-refractivity contribution in [3.8, 4) is 0 Å². The van der Waals surface area contributed by atoms with Crippen LogP contribution in [-0.2, 0) is 17.9 Å². The summed E-state index contributed by atoms with van der Waals surface area (Å²) in [5.41, 5.74) is 0.718. The normalized spacial score (nSPS) is 16.9. The fraction of sp³-hybridized carbons (Fsp3) is 0.500. The van der Waals surface area contributed by atoms with E-state index in [0.717, 1.165) is 30.8 Å². The predicted octanol–water partition coefficient (Wildman–Crippen LogP) is 1.98. The van der Waals surface area contributed by atoms with Gasteiger partial charge in [-0.3, -0.25) is 10.1 Å². The molecule has 23 heavy (non-hydrogen) atoms. The molecule has 2 aromatic heterocycles. The number of fused-ring (bicyclic) bond motifs is 1. The molecule has 0 bridgehead atoms. The summed E-state index contributed by atoms with van der Waals surface area (Å²) in [6.45, 7) is 2.90. The molecule has 0 saturated carbocycles. The van der Waals surface area contributed by atoms with E-state index >= 15 is 0 Å². The molecule has 122 valence electrons. The molecular formula is C14H18N6O3. The lowest BCUT2D eigenvalue weighted by Crippen LogP contribution is -2.23. The number of ether oxygens (including phenoxy) is 1. The summed E-state index contributed by atoms with van der Waals surface area (Å²) in [7, 11) is 1.59. The Morgan fingerprint density at radius 3 is 3.13 bits per heavy atom. The molecule has 9 nitrogen and oxygen atoms in total. The molecule has 9 heteroatoms. The van der Waals surface area contributed by atoms with E-state index in [1.54, 1.807) is 20.2 Å². The van der Waals surface area contributed by atoms with Gasteiger partial charge in [0.2, 0.25) is 5.82 Å². The van der Waals surface area contributed by atoms with Crippen LogP contribution in [-0.4, -0.2) is 31.8 Å². The maximum absolute atomic E-state index is 11.2. The maximum atomic E-state index is 11.2. The fourth-order valence-electron chi connectivity index (χ4n) is 2.70. The van der Waals surface area contributed by atoms with E-state index in [-0.39, 0.29) is 17.5 Å². The van der Waals surface area contributed by atoms with Crippen molar-refractivity contribution in [2.75, 3.05) is 12.4 Å². The molecule has 0 spiro atoms. The first-order chi connectivity index (χ1) is 11.1. The number of methoxy groups -OCH3 is 1. The lowest BCUT2D eigenvalue weighted by Gasteiger charge is -2.23. The van der Waals surface area contributed by atoms with E-state index in [1.165, 1.54) is 6.07 Å². The first-order valence-electron chi connectivity index (χ1n) is 7.38. The van der Waals surface area contributed by atoms with Crippen LogP contribution in [0.3, 0.4) is 0 Å². The van der Waals surface area contributed by atoms with Crippen molar-refractivity contribution in [3.05, 3.63) is 39.6 Å². The summed E-state index contributed by atoms with van der Waals surface area (Å²) in [6.07, 6.45) is 3.34. The van der Waals surface area contributed by atoms with Crippen LogP contribution in [0.2, 0.25) is 0 Å². The molecular weight excluding hydrogens is 300 g/mol. The number of nitro groups is 1. The molecule has 0 amide bonds. The van der Waals surface area contributed by atoms with Crippen LogP contribution in [0.1, 0.15) is 36.1 Å². The molecule has 0 fully saturated rings. The third kappa shape index (κ3) is 3.14. The number of aryl methyl sites for hydroxylation is 2. The number of anilines is 1. The quantitative estimate of drug-likeness (QED) is 0.663. The van der Waals surface area contributed by atoms with Crippen LogP contribution < -0.4 is 5.32 Å². The lowest BCUT2D eigenvalue weighted by molar-refractivity contribution is -0.384. The molecule has 0 radical (unpaired) electrons. The number of rotatable bonds is 5. The molecule has 1 N–H and O–H groups in total. The van der Waals surface area contributed by atoms with E-state index in [1.807, 2.05) is 4.68 Å². The molecule has 0 aromatic carbocycles. The molecule has 3 rings (SSSR count). The molecule has 0 unspecified atom stereocenters. The van der Waals surface area contributed by atoms with E-state index in [9.17, 15) is 10.1 Å². The van der Waals surface area contributed by atoms with Crippen LogP contribution >= 0.6 is 0 Å². The Bertz CT molecular complexity index is 729. The standard InChI is InChI=1S/C14H18N6O3/c1-9-6-11(20(21)22)13(15-7-9)16-10-4-3-5-19-14(10)17-12(18-19)8-23-2/h6-7,10H,3-5,8H2,1-2H3,(H,15,16)/t10-/m1/s1. The van der Waals surface area contributed by atoms with E-state index in [2.05, 4.69) is 20.4 Å². The monoisotopic (exact) mass is 318 g/mol. The minimum Gasteiger partial charge on any atom is -0.377 e. The summed E-state index contributed by atoms with van der Waals surface area (Å²) in [4.78, 5) is 19.5. The number of nitrogens with zero attached hydrogens (tertiary/aromatic N) is 5. The highest BCUT2D eigenvalue weighted by atomic mass is 16.6. The second-order valence-electron chi connectivity index (χ2n) is 5.52. The minimum atomic E-state index is -0.424. The molecule has 2 aromatic rings. The summed E-state index contributed by atoms with van der Waals surface area (Å²) in [5, 5.41) is 18.8. The van der Waals surface area contributed by atoms with E-state index in [4.69, 9.17) is 4.74 Å². The van der Waals surface area contributed by atoms with Gasteiger partial charge in [0.25, 0.3) is 0 Å². The topological polar surface area (TPSA) is 108 Å². The first kappa shape index (κ1) is 15.3. The second-order valence-corrected chi connectivity index (χ2v) is 5.52. The van der Waals surface area contributed by atoms with Crippen LogP contribution in [0.5, 0.6) is 0 Å². The van der Waals surface area contributed by atoms with Crippen molar-refractivity contribution in [1.29, 1.82) is 0 Å². The van der Waals surface area contributed by atoms with Crippen molar-refractivity contribution in [1.82, 2.24) is 19.7 Å². The molecule has 1 aliphatic heterocycles. The lowest BCUT2D eigenvalue weighted by atomic mass is 10.1. The highest BCUT2D eigenvalue weighted by Gasteiger charge is 2.27. The fourth-order valence-corrected chi connectivity index (χ4v) is 2.70. The van der Waals surface area contributed by atoms with Gasteiger partial charge < -0.3 is 10.1 Å². The average molecular weight is 318 g/mol. The third-order valence-corrected chi connectivity index (χ3v) is 3.70. The Morgan fingerprint density at radius 2 is 2.39 bits per heavy atom. The predicted molar refractivity (Wildman–Crippen MR) is 82.0 cm³/mol. The summed E-state index contributed by atoms with van der Waals surface area (Å²) in [6, 6.07) is 1.36. The number of nitrogens with one attached hydrogen (secondary N) is 1. The molecule has 1 aliphatic rings. The van der Waals surface area contributed by atoms with E-state index < -0.39 is 4.92 Å². The van der Waals surface area contributed by atoms with Gasteiger partial charge in [0.05, 0.1) is 11.0 Å². The SMILES string of the molecule is COCc1nc2n(n1)CCC[C@H]2Nc1ncc(C)cc1[N+](=O)[O-]. The van der Waals surface area contributed by atoms with Crippen molar-refractivity contribution in [2.24, 2.45) is 0 Å². The zero-order chi connectivity index (χ0) is 16.4. The molecule has 0 saturated heterocycles. The Morgan fingerprint density at radius 1 is 1.57 bits per heavy atom. The third-order valence-electron chi connectivity index (χ3n) is 3.70. The summed E-state index contributed by atoms with van der Waals surface area (Å²) >= 11 is 0. The molecule has 0 aliphatic carbocycles.